The Kier molecular flexibility index (Phi) is 8.99. The van der Waals surface area contributed by atoms with Crippen LogP contribution in [0.25, 0.3) is 5.65 Å². The van der Waals surface area contributed by atoms with Crippen molar-refractivity contribution >= 4 is 52.3 Å². The van der Waals surface area contributed by atoms with E-state index >= 15 is 0 Å². The Morgan fingerprint density at radius 1 is 1.26 bits per heavy atom. The summed E-state index contributed by atoms with van der Waals surface area (Å²) < 4.78 is 1.66. The average Bonchev–Trinajstić information content (AvgIpc) is 3.64. The van der Waals surface area contributed by atoms with Gasteiger partial charge in [0, 0.05) is 44.3 Å². The summed E-state index contributed by atoms with van der Waals surface area (Å²) in [5.74, 6) is -1.33. The number of likely N-dealkylation sites (tertiary alicyclic amines) is 1. The topological polar surface area (TPSA) is 191 Å². The monoisotopic (exact) mass is 575 g/mol. The molecular formula is C24H30ClN9O4S. The van der Waals surface area contributed by atoms with Crippen LogP contribution in [0.4, 0.5) is 0 Å². The largest absolute Gasteiger partial charge is 0.391 e. The van der Waals surface area contributed by atoms with E-state index in [9.17, 15) is 19.5 Å². The van der Waals surface area contributed by atoms with Gasteiger partial charge in [-0.15, -0.1) is 11.3 Å². The highest BCUT2D eigenvalue weighted by Crippen LogP contribution is 2.35. The summed E-state index contributed by atoms with van der Waals surface area (Å²) in [6.07, 6.45) is 4.43. The van der Waals surface area contributed by atoms with Crippen molar-refractivity contribution in [2.45, 2.75) is 43.9 Å². The molecule has 208 valence electrons. The van der Waals surface area contributed by atoms with Gasteiger partial charge in [0.1, 0.15) is 28.1 Å². The van der Waals surface area contributed by atoms with Gasteiger partial charge in [0.05, 0.1) is 17.2 Å². The second-order valence-corrected chi connectivity index (χ2v) is 10.5. The number of fused-ring (bicyclic) bond motifs is 1. The maximum atomic E-state index is 13.3. The highest BCUT2D eigenvalue weighted by atomic mass is 35.5. The van der Waals surface area contributed by atoms with Crippen molar-refractivity contribution in [3.63, 3.8) is 0 Å². The third-order valence-corrected chi connectivity index (χ3v) is 7.49. The number of guanidine groups is 1. The predicted octanol–water partition coefficient (Wildman–Crippen LogP) is 0.890. The van der Waals surface area contributed by atoms with Crippen molar-refractivity contribution in [2.24, 2.45) is 5.73 Å². The summed E-state index contributed by atoms with van der Waals surface area (Å²) in [5.41, 5.74) is 6.16. The molecule has 3 aromatic heterocycles. The third-order valence-electron chi connectivity index (χ3n) is 6.32. The Labute approximate surface area is 233 Å². The number of pyridine rings is 1. The zero-order valence-electron chi connectivity index (χ0n) is 21.2. The summed E-state index contributed by atoms with van der Waals surface area (Å²) in [5, 5.41) is 28.1. The second kappa shape index (κ2) is 12.4. The molecule has 0 radical (unpaired) electrons. The van der Waals surface area contributed by atoms with Crippen LogP contribution >= 0.6 is 22.9 Å². The molecule has 13 nitrogen and oxygen atoms in total. The molecule has 0 saturated carbocycles. The number of nitrogens with two attached hydrogens (primary N) is 1. The van der Waals surface area contributed by atoms with Gasteiger partial charge < -0.3 is 36.1 Å². The van der Waals surface area contributed by atoms with Crippen LogP contribution in [0, 0.1) is 5.41 Å². The second-order valence-electron chi connectivity index (χ2n) is 9.15. The Bertz CT molecular complexity index is 1380. The zero-order valence-corrected chi connectivity index (χ0v) is 22.8. The van der Waals surface area contributed by atoms with E-state index < -0.39 is 24.1 Å². The van der Waals surface area contributed by atoms with Gasteiger partial charge in [0.25, 0.3) is 11.8 Å². The number of halogens is 1. The van der Waals surface area contributed by atoms with Crippen LogP contribution in [0.3, 0.4) is 0 Å². The molecule has 0 aromatic carbocycles. The van der Waals surface area contributed by atoms with Crippen molar-refractivity contribution in [1.82, 2.24) is 35.2 Å². The molecule has 0 aliphatic carbocycles. The number of rotatable bonds is 10. The Hall–Kier alpha value is -3.75. The summed E-state index contributed by atoms with van der Waals surface area (Å²) >= 11 is 7.25. The molecular weight excluding hydrogens is 546 g/mol. The number of imidazole rings is 1. The first-order valence-electron chi connectivity index (χ1n) is 12.3. The number of β-amino-alcohol motifs (C(OH)–C–C–N with tert-alkyl or cyclic N) is 1. The lowest BCUT2D eigenvalue weighted by Crippen LogP contribution is -2.45. The fourth-order valence-corrected chi connectivity index (χ4v) is 5.50. The molecule has 1 aliphatic rings. The molecule has 0 unspecified atom stereocenters. The van der Waals surface area contributed by atoms with E-state index in [4.69, 9.17) is 22.7 Å². The lowest BCUT2D eigenvalue weighted by molar-refractivity contribution is -0.122. The molecule has 1 fully saturated rings. The lowest BCUT2D eigenvalue weighted by atomic mass is 10.1. The quantitative estimate of drug-likeness (QED) is 0.117. The van der Waals surface area contributed by atoms with Crippen molar-refractivity contribution in [2.75, 3.05) is 20.1 Å². The Morgan fingerprint density at radius 3 is 2.79 bits per heavy atom. The number of amides is 3. The maximum absolute atomic E-state index is 13.3. The number of aliphatic hydroxyl groups excluding tert-OH is 1. The molecule has 4 rings (SSSR count). The number of nitrogens with zero attached hydrogens (tertiary/aromatic N) is 4. The minimum absolute atomic E-state index is 0.108. The fraction of sp³-hybridized carbons (Fsp3) is 0.417. The van der Waals surface area contributed by atoms with E-state index in [2.05, 4.69) is 25.9 Å². The molecule has 7 N–H and O–H groups in total. The molecule has 3 amide bonds. The molecule has 1 saturated heterocycles. The van der Waals surface area contributed by atoms with Crippen molar-refractivity contribution in [3.05, 3.63) is 51.3 Å². The number of aromatic nitrogens is 3. The minimum atomic E-state index is -0.764. The molecule has 3 atom stereocenters. The van der Waals surface area contributed by atoms with Crippen LogP contribution in [0.5, 0.6) is 0 Å². The number of likely N-dealkylation sites (N-methyl/N-ethyl adjacent to an activating group) is 1. The van der Waals surface area contributed by atoms with Crippen LogP contribution in [0.2, 0.25) is 5.02 Å². The number of hydrogen-bond donors (Lipinski definition) is 6. The van der Waals surface area contributed by atoms with E-state index in [-0.39, 0.29) is 42.1 Å². The van der Waals surface area contributed by atoms with Crippen molar-refractivity contribution in [3.8, 4) is 0 Å². The first-order chi connectivity index (χ1) is 18.7. The van der Waals surface area contributed by atoms with Crippen LogP contribution in [-0.4, -0.2) is 80.3 Å². The van der Waals surface area contributed by atoms with E-state index in [0.717, 1.165) is 0 Å². The van der Waals surface area contributed by atoms with Crippen LogP contribution in [-0.2, 0) is 4.79 Å². The van der Waals surface area contributed by atoms with Gasteiger partial charge in [-0.1, -0.05) is 11.6 Å². The van der Waals surface area contributed by atoms with Crippen LogP contribution < -0.4 is 21.7 Å². The average molecular weight is 576 g/mol. The maximum Gasteiger partial charge on any atom is 0.274 e. The summed E-state index contributed by atoms with van der Waals surface area (Å²) in [7, 11) is 1.49. The highest BCUT2D eigenvalue weighted by molar-refractivity contribution is 7.09. The van der Waals surface area contributed by atoms with Gasteiger partial charge in [0.15, 0.2) is 5.96 Å². The van der Waals surface area contributed by atoms with Crippen molar-refractivity contribution < 1.29 is 19.5 Å². The Balaban J connectivity index is 1.43. The molecule has 1 aliphatic heterocycles. The number of unbranched alkanes of at least 4 members (excludes halogenated alkanes) is 1. The molecule has 0 bridgehead atoms. The minimum Gasteiger partial charge on any atom is -0.391 e. The molecule has 15 heteroatoms. The Morgan fingerprint density at radius 2 is 2.05 bits per heavy atom. The number of hydrogen-bond acceptors (Lipinski definition) is 8. The lowest BCUT2D eigenvalue weighted by Gasteiger charge is -2.21. The number of carbonyl (C=O) groups is 3. The summed E-state index contributed by atoms with van der Waals surface area (Å²) in [6.45, 7) is 0.598. The molecule has 0 spiro atoms. The number of thiazole rings is 1. The van der Waals surface area contributed by atoms with E-state index in [1.54, 1.807) is 34.3 Å². The highest BCUT2D eigenvalue weighted by Gasteiger charge is 2.38. The first-order valence-corrected chi connectivity index (χ1v) is 13.6. The van der Waals surface area contributed by atoms with Gasteiger partial charge in [-0.05, 0) is 31.4 Å². The van der Waals surface area contributed by atoms with Gasteiger partial charge in [-0.3, -0.25) is 19.8 Å². The van der Waals surface area contributed by atoms with Gasteiger partial charge in [0.2, 0.25) is 5.91 Å². The summed E-state index contributed by atoms with van der Waals surface area (Å²) in [4.78, 5) is 49.0. The fourth-order valence-electron chi connectivity index (χ4n) is 4.40. The van der Waals surface area contributed by atoms with Crippen molar-refractivity contribution in [1.29, 1.82) is 5.41 Å². The predicted molar refractivity (Wildman–Crippen MR) is 146 cm³/mol. The number of carbonyl (C=O) groups excluding carboxylic acids is 3. The standard InChI is InChI=1S/C24H30ClN9O4S/c1-28-20(36)15(4-2-3-7-29-24(26)27)31-21(37)17-12-39-22(32-17)18-8-14(35)10-34(18)23(38)16-11-33-9-13(25)5-6-19(33)30-16/h5-6,9,11-12,14-15,18,35H,2-4,7-8,10H2,1H3,(H,28,36)(H,31,37)(H4,26,27,29)/t14-,15+,18+/m1/s1. The molecule has 39 heavy (non-hydrogen) atoms. The van der Waals surface area contributed by atoms with Gasteiger partial charge >= 0.3 is 0 Å². The zero-order chi connectivity index (χ0) is 28.1. The van der Waals surface area contributed by atoms with E-state index in [1.807, 2.05) is 0 Å². The van der Waals surface area contributed by atoms with Gasteiger partial charge in [-0.25, -0.2) is 9.97 Å². The van der Waals surface area contributed by atoms with E-state index in [0.29, 0.717) is 41.5 Å². The number of aliphatic hydroxyl groups is 1. The normalized spacial score (nSPS) is 17.7. The summed E-state index contributed by atoms with van der Waals surface area (Å²) in [6, 6.07) is 2.09. The first kappa shape index (κ1) is 28.3. The molecule has 3 aromatic rings. The van der Waals surface area contributed by atoms with E-state index in [1.165, 1.54) is 23.3 Å². The van der Waals surface area contributed by atoms with Crippen LogP contribution in [0.1, 0.15) is 57.7 Å². The van der Waals surface area contributed by atoms with Crippen LogP contribution in [0.15, 0.2) is 29.9 Å². The number of nitrogens with one attached hydrogen (secondary N) is 4. The SMILES string of the molecule is CNC(=O)[C@H](CCCCNC(=N)N)NC(=O)c1csc([C@@H]2C[C@@H](O)CN2C(=O)c2cn3cc(Cl)ccc3n2)n1. The van der Waals surface area contributed by atoms with Gasteiger partial charge in [-0.2, -0.15) is 0 Å². The third kappa shape index (κ3) is 6.82. The molecule has 4 heterocycles. The smallest absolute Gasteiger partial charge is 0.274 e.